The standard InChI is InChI=1S/C19H39NO2/c1-4-7-9-11-12-13-14-16-18-20(19(21)22-6-3)17-15-10-8-5-2/h4-18H2,1-3H3. The second kappa shape index (κ2) is 16.6. The number of ether oxygens (including phenoxy) is 1. The van der Waals surface area contributed by atoms with Crippen LogP contribution in [0.3, 0.4) is 0 Å². The van der Waals surface area contributed by atoms with Crippen LogP contribution < -0.4 is 0 Å². The maximum atomic E-state index is 11.9. The summed E-state index contributed by atoms with van der Waals surface area (Å²) in [6.45, 7) is 8.54. The summed E-state index contributed by atoms with van der Waals surface area (Å²) in [4.78, 5) is 13.9. The van der Waals surface area contributed by atoms with E-state index >= 15 is 0 Å². The number of nitrogens with zero attached hydrogens (tertiary/aromatic N) is 1. The highest BCUT2D eigenvalue weighted by atomic mass is 16.6. The second-order valence-corrected chi connectivity index (χ2v) is 6.22. The van der Waals surface area contributed by atoms with E-state index < -0.39 is 0 Å². The van der Waals surface area contributed by atoms with Crippen molar-refractivity contribution < 1.29 is 9.53 Å². The molecule has 0 aliphatic rings. The van der Waals surface area contributed by atoms with Gasteiger partial charge in [0.15, 0.2) is 0 Å². The molecule has 0 aromatic rings. The topological polar surface area (TPSA) is 29.5 Å². The SMILES string of the molecule is CCCCCCCCCCN(CCCCCC)C(=O)OCC. The summed E-state index contributed by atoms with van der Waals surface area (Å²) in [6, 6.07) is 0. The van der Waals surface area contributed by atoms with Crippen LogP contribution in [0.2, 0.25) is 0 Å². The largest absolute Gasteiger partial charge is 0.450 e. The highest BCUT2D eigenvalue weighted by Gasteiger charge is 2.13. The van der Waals surface area contributed by atoms with Gasteiger partial charge in [-0.3, -0.25) is 0 Å². The molecule has 0 aromatic carbocycles. The van der Waals surface area contributed by atoms with Gasteiger partial charge < -0.3 is 9.64 Å². The van der Waals surface area contributed by atoms with Gasteiger partial charge in [0.05, 0.1) is 6.61 Å². The summed E-state index contributed by atoms with van der Waals surface area (Å²) in [6.07, 6.45) is 15.1. The molecular weight excluding hydrogens is 274 g/mol. The van der Waals surface area contributed by atoms with Gasteiger partial charge in [0.25, 0.3) is 0 Å². The maximum absolute atomic E-state index is 11.9. The van der Waals surface area contributed by atoms with Crippen molar-refractivity contribution in [2.75, 3.05) is 19.7 Å². The summed E-state index contributed by atoms with van der Waals surface area (Å²) in [5.41, 5.74) is 0. The molecule has 0 saturated carbocycles. The maximum Gasteiger partial charge on any atom is 0.409 e. The Morgan fingerprint density at radius 1 is 0.682 bits per heavy atom. The lowest BCUT2D eigenvalue weighted by molar-refractivity contribution is 0.105. The zero-order valence-electron chi connectivity index (χ0n) is 15.4. The van der Waals surface area contributed by atoms with Crippen LogP contribution in [0, 0.1) is 0 Å². The predicted octanol–water partition coefficient (Wildman–Crippen LogP) is 6.17. The first-order valence-electron chi connectivity index (χ1n) is 9.67. The number of unbranched alkanes of at least 4 members (excludes halogenated alkanes) is 10. The van der Waals surface area contributed by atoms with E-state index in [0.29, 0.717) is 6.61 Å². The van der Waals surface area contributed by atoms with Crippen molar-refractivity contribution in [3.05, 3.63) is 0 Å². The molecule has 0 fully saturated rings. The smallest absolute Gasteiger partial charge is 0.409 e. The molecule has 0 heterocycles. The Hall–Kier alpha value is -0.730. The van der Waals surface area contributed by atoms with Gasteiger partial charge in [-0.05, 0) is 19.8 Å². The first-order chi connectivity index (χ1) is 10.8. The third-order valence-electron chi connectivity index (χ3n) is 4.09. The molecule has 22 heavy (non-hydrogen) atoms. The van der Waals surface area contributed by atoms with Crippen LogP contribution in [0.5, 0.6) is 0 Å². The van der Waals surface area contributed by atoms with Crippen LogP contribution in [0.4, 0.5) is 4.79 Å². The number of carbonyl (C=O) groups excluding carboxylic acids is 1. The summed E-state index contributed by atoms with van der Waals surface area (Å²) in [5, 5.41) is 0. The quantitative estimate of drug-likeness (QED) is 0.338. The Morgan fingerprint density at radius 2 is 1.09 bits per heavy atom. The summed E-state index contributed by atoms with van der Waals surface area (Å²) < 4.78 is 5.17. The summed E-state index contributed by atoms with van der Waals surface area (Å²) >= 11 is 0. The Labute approximate surface area is 138 Å². The predicted molar refractivity (Wildman–Crippen MR) is 95.3 cm³/mol. The third kappa shape index (κ3) is 13.0. The molecule has 0 aromatic heterocycles. The molecule has 0 aliphatic heterocycles. The van der Waals surface area contributed by atoms with Crippen molar-refractivity contribution in [2.45, 2.75) is 97.8 Å². The van der Waals surface area contributed by atoms with E-state index in [9.17, 15) is 4.79 Å². The van der Waals surface area contributed by atoms with Crippen molar-refractivity contribution in [1.82, 2.24) is 4.90 Å². The van der Waals surface area contributed by atoms with E-state index in [2.05, 4.69) is 13.8 Å². The number of carbonyl (C=O) groups is 1. The molecule has 132 valence electrons. The molecule has 0 N–H and O–H groups in total. The molecule has 0 spiro atoms. The van der Waals surface area contributed by atoms with E-state index in [-0.39, 0.29) is 6.09 Å². The van der Waals surface area contributed by atoms with E-state index in [1.54, 1.807) is 0 Å². The lowest BCUT2D eigenvalue weighted by atomic mass is 10.1. The molecule has 0 saturated heterocycles. The van der Waals surface area contributed by atoms with Crippen molar-refractivity contribution in [3.63, 3.8) is 0 Å². The third-order valence-corrected chi connectivity index (χ3v) is 4.09. The molecule has 0 atom stereocenters. The fraction of sp³-hybridized carbons (Fsp3) is 0.947. The normalized spacial score (nSPS) is 10.7. The van der Waals surface area contributed by atoms with E-state index in [0.717, 1.165) is 25.9 Å². The minimum atomic E-state index is -0.123. The lowest BCUT2D eigenvalue weighted by Gasteiger charge is -2.21. The Bertz CT molecular complexity index is 244. The molecule has 0 rings (SSSR count). The van der Waals surface area contributed by atoms with Gasteiger partial charge in [0.2, 0.25) is 0 Å². The molecular formula is C19H39NO2. The summed E-state index contributed by atoms with van der Waals surface area (Å²) in [7, 11) is 0. The Balaban J connectivity index is 3.75. The average Bonchev–Trinajstić information content (AvgIpc) is 2.52. The summed E-state index contributed by atoms with van der Waals surface area (Å²) in [5.74, 6) is 0. The molecule has 0 bridgehead atoms. The highest BCUT2D eigenvalue weighted by Crippen LogP contribution is 2.10. The first kappa shape index (κ1) is 21.3. The van der Waals surface area contributed by atoms with Crippen LogP contribution in [-0.4, -0.2) is 30.7 Å². The van der Waals surface area contributed by atoms with Crippen LogP contribution in [0.25, 0.3) is 0 Å². The minimum absolute atomic E-state index is 0.123. The van der Waals surface area contributed by atoms with E-state index in [4.69, 9.17) is 4.74 Å². The highest BCUT2D eigenvalue weighted by molar-refractivity contribution is 5.67. The van der Waals surface area contributed by atoms with Gasteiger partial charge in [-0.15, -0.1) is 0 Å². The Morgan fingerprint density at radius 3 is 1.55 bits per heavy atom. The van der Waals surface area contributed by atoms with Crippen LogP contribution in [-0.2, 0) is 4.74 Å². The van der Waals surface area contributed by atoms with Crippen molar-refractivity contribution in [2.24, 2.45) is 0 Å². The minimum Gasteiger partial charge on any atom is -0.450 e. The molecule has 3 heteroatoms. The fourth-order valence-electron chi connectivity index (χ4n) is 2.68. The van der Waals surface area contributed by atoms with Gasteiger partial charge >= 0.3 is 6.09 Å². The van der Waals surface area contributed by atoms with Gasteiger partial charge in [0.1, 0.15) is 0 Å². The van der Waals surface area contributed by atoms with Crippen LogP contribution >= 0.6 is 0 Å². The van der Waals surface area contributed by atoms with Crippen molar-refractivity contribution in [1.29, 1.82) is 0 Å². The zero-order chi connectivity index (χ0) is 16.5. The number of hydrogen-bond acceptors (Lipinski definition) is 2. The van der Waals surface area contributed by atoms with E-state index in [1.165, 1.54) is 64.2 Å². The Kier molecular flexibility index (Phi) is 16.1. The molecule has 0 aliphatic carbocycles. The van der Waals surface area contributed by atoms with E-state index in [1.807, 2.05) is 11.8 Å². The lowest BCUT2D eigenvalue weighted by Crippen LogP contribution is -2.33. The van der Waals surface area contributed by atoms with Gasteiger partial charge in [-0.1, -0.05) is 78.1 Å². The zero-order valence-corrected chi connectivity index (χ0v) is 15.4. The molecule has 3 nitrogen and oxygen atoms in total. The van der Waals surface area contributed by atoms with Crippen LogP contribution in [0.15, 0.2) is 0 Å². The fourth-order valence-corrected chi connectivity index (χ4v) is 2.68. The second-order valence-electron chi connectivity index (χ2n) is 6.22. The van der Waals surface area contributed by atoms with Gasteiger partial charge in [-0.2, -0.15) is 0 Å². The molecule has 1 amide bonds. The average molecular weight is 314 g/mol. The van der Waals surface area contributed by atoms with Crippen molar-refractivity contribution >= 4 is 6.09 Å². The molecule has 0 radical (unpaired) electrons. The van der Waals surface area contributed by atoms with Crippen molar-refractivity contribution in [3.8, 4) is 0 Å². The number of amides is 1. The number of rotatable bonds is 15. The number of hydrogen-bond donors (Lipinski definition) is 0. The first-order valence-corrected chi connectivity index (χ1v) is 9.67. The molecule has 0 unspecified atom stereocenters. The van der Waals surface area contributed by atoms with Crippen LogP contribution in [0.1, 0.15) is 97.8 Å². The van der Waals surface area contributed by atoms with Gasteiger partial charge in [0, 0.05) is 13.1 Å². The monoisotopic (exact) mass is 313 g/mol. The van der Waals surface area contributed by atoms with Gasteiger partial charge in [-0.25, -0.2) is 4.79 Å².